The minimum atomic E-state index is -1.71. The number of aliphatic hydroxyl groups excluding tert-OH is 4. The molecule has 2 fully saturated rings. The molecular formula is C13H20N4O9. The Kier molecular flexibility index (Phi) is 5.85. The van der Waals surface area contributed by atoms with Crippen LogP contribution in [0.4, 0.5) is 5.88 Å². The third-order valence-corrected chi connectivity index (χ3v) is 3.99. The Morgan fingerprint density at radius 2 is 2.04 bits per heavy atom. The third kappa shape index (κ3) is 4.03. The summed E-state index contributed by atoms with van der Waals surface area (Å²) in [6.45, 7) is 1.60. The smallest absolute Gasteiger partial charge is 0.326 e. The number of nitrogens with zero attached hydrogens (tertiary/aromatic N) is 4. The highest BCUT2D eigenvalue weighted by molar-refractivity contribution is 5.65. The number of aliphatic imine (C=N–C) groups is 1. The van der Waals surface area contributed by atoms with Crippen LogP contribution in [0.2, 0.25) is 0 Å². The molecule has 0 aromatic carbocycles. The van der Waals surface area contributed by atoms with Gasteiger partial charge in [-0.2, -0.15) is 4.99 Å². The van der Waals surface area contributed by atoms with Crippen molar-refractivity contribution in [3.63, 3.8) is 0 Å². The molecule has 2 saturated heterocycles. The van der Waals surface area contributed by atoms with E-state index in [2.05, 4.69) is 10.3 Å². The predicted molar refractivity (Wildman–Crippen MR) is 77.4 cm³/mol. The molecule has 5 atom stereocenters. The van der Waals surface area contributed by atoms with E-state index < -0.39 is 43.4 Å². The molecule has 0 saturated carbocycles. The molecule has 13 heteroatoms. The van der Waals surface area contributed by atoms with E-state index in [4.69, 9.17) is 23.8 Å². The minimum Gasteiger partial charge on any atom is -0.570 e. The summed E-state index contributed by atoms with van der Waals surface area (Å²) in [5.41, 5.74) is 0. The summed E-state index contributed by atoms with van der Waals surface area (Å²) in [4.78, 5) is 4.91. The van der Waals surface area contributed by atoms with Crippen LogP contribution < -0.4 is 14.9 Å². The first kappa shape index (κ1) is 18.8. The first-order chi connectivity index (χ1) is 12.5. The standard InChI is InChI=1S/C13H20N4O9/c18-6-7-9(19)10(20)11(21)12(24-7)25-13(22)14-8-5-17(15-26-8)16-1-3-23-4-2-16/h5,7,9-12,18-21H,1-4,6H2/t7-,9+,10+,11-,12+/m1/s1. The van der Waals surface area contributed by atoms with Gasteiger partial charge in [0.25, 0.3) is 6.20 Å². The molecule has 2 aliphatic heterocycles. The Bertz CT molecular complexity index is 619. The zero-order valence-electron chi connectivity index (χ0n) is 13.6. The van der Waals surface area contributed by atoms with E-state index in [0.29, 0.717) is 26.3 Å². The van der Waals surface area contributed by atoms with Gasteiger partial charge < -0.3 is 39.7 Å². The maximum atomic E-state index is 11.9. The molecule has 3 heterocycles. The molecule has 0 bridgehead atoms. The first-order valence-corrected chi connectivity index (χ1v) is 7.94. The van der Waals surface area contributed by atoms with E-state index in [9.17, 15) is 20.4 Å². The fourth-order valence-electron chi connectivity index (χ4n) is 2.55. The van der Waals surface area contributed by atoms with Crippen molar-refractivity contribution in [3.05, 3.63) is 6.20 Å². The van der Waals surface area contributed by atoms with E-state index in [0.717, 1.165) is 0 Å². The van der Waals surface area contributed by atoms with Gasteiger partial charge in [-0.25, -0.2) is 0 Å². The van der Waals surface area contributed by atoms with E-state index in [1.807, 2.05) is 5.01 Å². The van der Waals surface area contributed by atoms with Crippen LogP contribution in [0.25, 0.3) is 0 Å². The molecule has 26 heavy (non-hydrogen) atoms. The van der Waals surface area contributed by atoms with Gasteiger partial charge in [0.1, 0.15) is 30.7 Å². The molecule has 13 nitrogen and oxygen atoms in total. The van der Waals surface area contributed by atoms with Crippen molar-refractivity contribution in [2.45, 2.75) is 30.7 Å². The van der Waals surface area contributed by atoms with Gasteiger partial charge in [0.15, 0.2) is 6.08 Å². The lowest BCUT2D eigenvalue weighted by atomic mass is 9.99. The Hall–Kier alpha value is -2.03. The van der Waals surface area contributed by atoms with Gasteiger partial charge in [0.05, 0.1) is 37.7 Å². The lowest BCUT2D eigenvalue weighted by molar-refractivity contribution is -0.759. The van der Waals surface area contributed by atoms with Gasteiger partial charge in [-0.05, 0) is 0 Å². The van der Waals surface area contributed by atoms with E-state index in [1.165, 1.54) is 11.0 Å². The average molecular weight is 376 g/mol. The number of rotatable bonds is 4. The average Bonchev–Trinajstić information content (AvgIpc) is 3.11. The summed E-state index contributed by atoms with van der Waals surface area (Å²) in [6, 6.07) is 0. The van der Waals surface area contributed by atoms with Gasteiger partial charge >= 0.3 is 5.88 Å². The number of hydrogen-bond acceptors (Lipinski definition) is 12. The minimum absolute atomic E-state index is 0.147. The predicted octanol–water partition coefficient (Wildman–Crippen LogP) is -4.91. The number of morpholine rings is 1. The highest BCUT2D eigenvalue weighted by Crippen LogP contribution is 2.22. The molecule has 3 rings (SSSR count). The third-order valence-electron chi connectivity index (χ3n) is 3.99. The fraction of sp³-hybridized carbons (Fsp3) is 0.769. The molecule has 4 N–H and O–H groups in total. The number of hydrogen-bond donors (Lipinski definition) is 4. The van der Waals surface area contributed by atoms with Crippen LogP contribution in [0.15, 0.2) is 15.7 Å². The van der Waals surface area contributed by atoms with Crippen molar-refractivity contribution in [1.29, 1.82) is 0 Å². The highest BCUT2D eigenvalue weighted by Gasteiger charge is 2.42. The van der Waals surface area contributed by atoms with Crippen LogP contribution in [0.5, 0.6) is 0 Å². The van der Waals surface area contributed by atoms with Gasteiger partial charge in [-0.3, -0.25) is 4.52 Å². The number of aliphatic hydroxyl groups is 4. The summed E-state index contributed by atoms with van der Waals surface area (Å²) in [6.07, 6.45) is -7.54. The maximum absolute atomic E-state index is 11.9. The molecule has 2 aliphatic rings. The van der Waals surface area contributed by atoms with Crippen molar-refractivity contribution >= 4 is 12.0 Å². The summed E-state index contributed by atoms with van der Waals surface area (Å²) in [5, 5.41) is 55.7. The van der Waals surface area contributed by atoms with Gasteiger partial charge in [0.2, 0.25) is 5.27 Å². The monoisotopic (exact) mass is 376 g/mol. The van der Waals surface area contributed by atoms with Crippen LogP contribution in [0.1, 0.15) is 0 Å². The second-order valence-corrected chi connectivity index (χ2v) is 5.72. The molecule has 0 amide bonds. The molecule has 0 unspecified atom stereocenters. The largest absolute Gasteiger partial charge is 0.570 e. The Balaban J connectivity index is 1.63. The lowest BCUT2D eigenvalue weighted by Crippen LogP contribution is -2.62. The van der Waals surface area contributed by atoms with E-state index in [1.54, 1.807) is 0 Å². The maximum Gasteiger partial charge on any atom is 0.326 e. The molecule has 0 spiro atoms. The molecule has 1 aromatic rings. The van der Waals surface area contributed by atoms with Crippen molar-refractivity contribution in [3.8, 4) is 0 Å². The van der Waals surface area contributed by atoms with Gasteiger partial charge in [-0.15, -0.1) is 5.01 Å². The van der Waals surface area contributed by atoms with Crippen LogP contribution in [0, 0.1) is 0 Å². The second kappa shape index (κ2) is 8.11. The summed E-state index contributed by atoms with van der Waals surface area (Å²) < 4.78 is 20.0. The first-order valence-electron chi connectivity index (χ1n) is 7.94. The van der Waals surface area contributed by atoms with E-state index >= 15 is 0 Å². The van der Waals surface area contributed by atoms with Crippen molar-refractivity contribution in [2.24, 2.45) is 4.99 Å². The molecule has 1 aromatic heterocycles. The zero-order valence-corrected chi connectivity index (χ0v) is 13.6. The van der Waals surface area contributed by atoms with Crippen LogP contribution in [-0.2, 0) is 14.2 Å². The van der Waals surface area contributed by atoms with Gasteiger partial charge in [0, 0.05) is 0 Å². The molecule has 0 radical (unpaired) electrons. The molecular weight excluding hydrogens is 356 g/mol. The summed E-state index contributed by atoms with van der Waals surface area (Å²) in [7, 11) is 0. The van der Waals surface area contributed by atoms with Crippen LogP contribution in [0.3, 0.4) is 0 Å². The highest BCUT2D eigenvalue weighted by atomic mass is 16.7. The van der Waals surface area contributed by atoms with Crippen molar-refractivity contribution < 1.29 is 49.1 Å². The Labute approximate surface area is 147 Å². The number of aromatic nitrogens is 2. The summed E-state index contributed by atoms with van der Waals surface area (Å²) in [5.74, 6) is -0.147. The zero-order chi connectivity index (χ0) is 18.7. The number of ether oxygens (including phenoxy) is 3. The quantitative estimate of drug-likeness (QED) is 0.225. The van der Waals surface area contributed by atoms with Gasteiger partial charge in [-0.1, -0.05) is 0 Å². The Morgan fingerprint density at radius 1 is 1.31 bits per heavy atom. The normalized spacial score (nSPS) is 33.3. The van der Waals surface area contributed by atoms with Crippen LogP contribution >= 0.6 is 0 Å². The van der Waals surface area contributed by atoms with E-state index in [-0.39, 0.29) is 5.88 Å². The topological polar surface area (TPSA) is 177 Å². The fourth-order valence-corrected chi connectivity index (χ4v) is 2.55. The second-order valence-electron chi connectivity index (χ2n) is 5.72. The Morgan fingerprint density at radius 3 is 2.73 bits per heavy atom. The van der Waals surface area contributed by atoms with Crippen molar-refractivity contribution in [1.82, 2.24) is 5.27 Å². The van der Waals surface area contributed by atoms with Crippen molar-refractivity contribution in [2.75, 3.05) is 37.9 Å². The summed E-state index contributed by atoms with van der Waals surface area (Å²) >= 11 is 0. The SMILES string of the molecule is [O-]/C(=N\c1c[n+](N2CCOCC2)no1)O[C@@H]1O[C@H](CO)[C@H](O)[C@H](O)[C@H]1O. The molecule has 0 aliphatic carbocycles. The lowest BCUT2D eigenvalue weighted by Gasteiger charge is -2.42. The van der Waals surface area contributed by atoms with Crippen LogP contribution in [-0.4, -0.2) is 95.4 Å². The molecule has 146 valence electrons.